The summed E-state index contributed by atoms with van der Waals surface area (Å²) in [5.74, 6) is 0.805. The van der Waals surface area contributed by atoms with E-state index in [1.807, 2.05) is 18.2 Å². The van der Waals surface area contributed by atoms with E-state index in [4.69, 9.17) is 5.73 Å². The van der Waals surface area contributed by atoms with Crippen LogP contribution in [0.3, 0.4) is 0 Å². The molecular formula is C14H24N2. The maximum Gasteiger partial charge on any atom is 0.0362 e. The van der Waals surface area contributed by atoms with Crippen molar-refractivity contribution in [2.75, 3.05) is 11.1 Å². The first kappa shape index (κ1) is 12.9. The molecule has 90 valence electrons. The largest absolute Gasteiger partial charge is 0.399 e. The van der Waals surface area contributed by atoms with Crippen LogP contribution >= 0.6 is 0 Å². The smallest absolute Gasteiger partial charge is 0.0362 e. The van der Waals surface area contributed by atoms with Crippen LogP contribution in [0.4, 0.5) is 11.4 Å². The highest BCUT2D eigenvalue weighted by Gasteiger charge is 2.03. The molecule has 0 heterocycles. The standard InChI is InChI=1S/C14H24N2/c1-11(2)6-4-7-12(3)16-14-9-5-8-13(15)10-14/h5,8-12,16H,4,6-7,15H2,1-3H3. The van der Waals surface area contributed by atoms with Crippen LogP contribution in [0, 0.1) is 5.92 Å². The zero-order valence-electron chi connectivity index (χ0n) is 10.7. The highest BCUT2D eigenvalue weighted by atomic mass is 14.9. The first-order chi connectivity index (χ1) is 7.58. The van der Waals surface area contributed by atoms with Crippen molar-refractivity contribution < 1.29 is 0 Å². The molecule has 1 atom stereocenters. The van der Waals surface area contributed by atoms with Gasteiger partial charge in [0.1, 0.15) is 0 Å². The Balaban J connectivity index is 2.31. The molecule has 0 spiro atoms. The highest BCUT2D eigenvalue weighted by molar-refractivity contribution is 5.54. The Morgan fingerprint density at radius 3 is 2.56 bits per heavy atom. The van der Waals surface area contributed by atoms with Gasteiger partial charge in [-0.2, -0.15) is 0 Å². The Morgan fingerprint density at radius 1 is 1.19 bits per heavy atom. The topological polar surface area (TPSA) is 38.0 Å². The van der Waals surface area contributed by atoms with Gasteiger partial charge in [-0.05, 0) is 37.5 Å². The summed E-state index contributed by atoms with van der Waals surface area (Å²) in [5.41, 5.74) is 7.68. The van der Waals surface area contributed by atoms with Crippen molar-refractivity contribution in [2.45, 2.75) is 46.1 Å². The third-order valence-corrected chi connectivity index (χ3v) is 2.72. The SMILES string of the molecule is CC(C)CCCC(C)Nc1cccc(N)c1. The number of hydrogen-bond acceptors (Lipinski definition) is 2. The van der Waals surface area contributed by atoms with Crippen LogP contribution in [-0.2, 0) is 0 Å². The van der Waals surface area contributed by atoms with Gasteiger partial charge in [-0.3, -0.25) is 0 Å². The number of anilines is 2. The average Bonchev–Trinajstić information content (AvgIpc) is 2.16. The fourth-order valence-electron chi connectivity index (χ4n) is 1.82. The van der Waals surface area contributed by atoms with E-state index < -0.39 is 0 Å². The van der Waals surface area contributed by atoms with Crippen LogP contribution in [0.2, 0.25) is 0 Å². The molecule has 0 aromatic heterocycles. The molecule has 1 rings (SSSR count). The Hall–Kier alpha value is -1.18. The quantitative estimate of drug-likeness (QED) is 0.714. The normalized spacial score (nSPS) is 12.8. The second kappa shape index (κ2) is 6.41. The predicted molar refractivity (Wildman–Crippen MR) is 72.6 cm³/mol. The number of nitrogen functional groups attached to an aromatic ring is 1. The number of nitrogens with two attached hydrogens (primary N) is 1. The zero-order valence-corrected chi connectivity index (χ0v) is 10.7. The summed E-state index contributed by atoms with van der Waals surface area (Å²) in [6.07, 6.45) is 3.81. The van der Waals surface area contributed by atoms with E-state index >= 15 is 0 Å². The molecule has 1 aromatic carbocycles. The minimum Gasteiger partial charge on any atom is -0.399 e. The zero-order chi connectivity index (χ0) is 12.0. The number of benzene rings is 1. The van der Waals surface area contributed by atoms with Crippen LogP contribution in [0.1, 0.15) is 40.0 Å². The molecule has 0 aliphatic heterocycles. The molecule has 0 aliphatic carbocycles. The van der Waals surface area contributed by atoms with E-state index in [1.165, 1.54) is 19.3 Å². The average molecular weight is 220 g/mol. The molecular weight excluding hydrogens is 196 g/mol. The predicted octanol–water partition coefficient (Wildman–Crippen LogP) is 3.90. The number of nitrogens with one attached hydrogen (secondary N) is 1. The maximum absolute atomic E-state index is 5.73. The number of rotatable bonds is 6. The molecule has 0 bridgehead atoms. The Kier molecular flexibility index (Phi) is 5.17. The summed E-state index contributed by atoms with van der Waals surface area (Å²) >= 11 is 0. The summed E-state index contributed by atoms with van der Waals surface area (Å²) in [6.45, 7) is 6.77. The van der Waals surface area contributed by atoms with Gasteiger partial charge in [-0.1, -0.05) is 32.8 Å². The Morgan fingerprint density at radius 2 is 1.94 bits per heavy atom. The molecule has 0 saturated carbocycles. The van der Waals surface area contributed by atoms with Gasteiger partial charge in [-0.15, -0.1) is 0 Å². The second-order valence-electron chi connectivity index (χ2n) is 5.00. The monoisotopic (exact) mass is 220 g/mol. The van der Waals surface area contributed by atoms with E-state index in [0.29, 0.717) is 6.04 Å². The van der Waals surface area contributed by atoms with Crippen molar-refractivity contribution >= 4 is 11.4 Å². The van der Waals surface area contributed by atoms with Gasteiger partial charge in [0.05, 0.1) is 0 Å². The second-order valence-corrected chi connectivity index (χ2v) is 5.00. The lowest BCUT2D eigenvalue weighted by Crippen LogP contribution is -2.15. The van der Waals surface area contributed by atoms with Gasteiger partial charge >= 0.3 is 0 Å². The molecule has 0 saturated heterocycles. The van der Waals surface area contributed by atoms with Crippen molar-refractivity contribution in [3.05, 3.63) is 24.3 Å². The fourth-order valence-corrected chi connectivity index (χ4v) is 1.82. The molecule has 2 heteroatoms. The van der Waals surface area contributed by atoms with Gasteiger partial charge in [0, 0.05) is 17.4 Å². The first-order valence-corrected chi connectivity index (χ1v) is 6.20. The summed E-state index contributed by atoms with van der Waals surface area (Å²) < 4.78 is 0. The van der Waals surface area contributed by atoms with Crippen LogP contribution < -0.4 is 11.1 Å². The molecule has 2 nitrogen and oxygen atoms in total. The van der Waals surface area contributed by atoms with Crippen molar-refractivity contribution in [3.8, 4) is 0 Å². The van der Waals surface area contributed by atoms with E-state index in [0.717, 1.165) is 17.3 Å². The third-order valence-electron chi connectivity index (χ3n) is 2.72. The van der Waals surface area contributed by atoms with E-state index in [2.05, 4.69) is 32.2 Å². The Labute approximate surface area is 99.2 Å². The lowest BCUT2D eigenvalue weighted by Gasteiger charge is -2.16. The van der Waals surface area contributed by atoms with Gasteiger partial charge in [0.15, 0.2) is 0 Å². The van der Waals surface area contributed by atoms with Crippen molar-refractivity contribution in [1.82, 2.24) is 0 Å². The van der Waals surface area contributed by atoms with E-state index in [-0.39, 0.29) is 0 Å². The molecule has 0 amide bonds. The molecule has 0 radical (unpaired) electrons. The number of hydrogen-bond donors (Lipinski definition) is 2. The van der Waals surface area contributed by atoms with Crippen molar-refractivity contribution in [3.63, 3.8) is 0 Å². The lowest BCUT2D eigenvalue weighted by atomic mass is 10.0. The van der Waals surface area contributed by atoms with E-state index in [1.54, 1.807) is 0 Å². The van der Waals surface area contributed by atoms with Gasteiger partial charge in [0.25, 0.3) is 0 Å². The van der Waals surface area contributed by atoms with Crippen LogP contribution in [-0.4, -0.2) is 6.04 Å². The van der Waals surface area contributed by atoms with E-state index in [9.17, 15) is 0 Å². The van der Waals surface area contributed by atoms with Gasteiger partial charge < -0.3 is 11.1 Å². The Bertz CT molecular complexity index is 307. The van der Waals surface area contributed by atoms with Crippen molar-refractivity contribution in [2.24, 2.45) is 5.92 Å². The fraction of sp³-hybridized carbons (Fsp3) is 0.571. The van der Waals surface area contributed by atoms with Gasteiger partial charge in [-0.25, -0.2) is 0 Å². The summed E-state index contributed by atoms with van der Waals surface area (Å²) in [4.78, 5) is 0. The summed E-state index contributed by atoms with van der Waals surface area (Å²) in [6, 6.07) is 8.46. The van der Waals surface area contributed by atoms with Crippen molar-refractivity contribution in [1.29, 1.82) is 0 Å². The van der Waals surface area contributed by atoms with Gasteiger partial charge in [0.2, 0.25) is 0 Å². The molecule has 3 N–H and O–H groups in total. The molecule has 1 aromatic rings. The molecule has 0 aliphatic rings. The first-order valence-electron chi connectivity index (χ1n) is 6.20. The molecule has 16 heavy (non-hydrogen) atoms. The molecule has 0 fully saturated rings. The summed E-state index contributed by atoms with van der Waals surface area (Å²) in [7, 11) is 0. The minimum atomic E-state index is 0.514. The third kappa shape index (κ3) is 5.06. The summed E-state index contributed by atoms with van der Waals surface area (Å²) in [5, 5.41) is 3.48. The molecule has 1 unspecified atom stereocenters. The van der Waals surface area contributed by atoms with Crippen LogP contribution in [0.5, 0.6) is 0 Å². The lowest BCUT2D eigenvalue weighted by molar-refractivity contribution is 0.520. The van der Waals surface area contributed by atoms with Crippen LogP contribution in [0.25, 0.3) is 0 Å². The highest BCUT2D eigenvalue weighted by Crippen LogP contribution is 2.15. The van der Waals surface area contributed by atoms with Crippen LogP contribution in [0.15, 0.2) is 24.3 Å². The minimum absolute atomic E-state index is 0.514. The maximum atomic E-state index is 5.73.